The summed E-state index contributed by atoms with van der Waals surface area (Å²) >= 11 is 0. The van der Waals surface area contributed by atoms with E-state index in [1.165, 1.54) is 24.3 Å². The van der Waals surface area contributed by atoms with Gasteiger partial charge in [-0.15, -0.1) is 0 Å². The zero-order chi connectivity index (χ0) is 26.6. The van der Waals surface area contributed by atoms with Gasteiger partial charge in [-0.2, -0.15) is 26.3 Å². The van der Waals surface area contributed by atoms with E-state index in [1.54, 1.807) is 29.2 Å². The molecule has 1 aliphatic heterocycles. The maximum atomic E-state index is 12.9. The van der Waals surface area contributed by atoms with Gasteiger partial charge in [-0.1, -0.05) is 24.3 Å². The van der Waals surface area contributed by atoms with E-state index in [4.69, 9.17) is 4.74 Å². The van der Waals surface area contributed by atoms with Crippen molar-refractivity contribution < 1.29 is 35.9 Å². The van der Waals surface area contributed by atoms with Crippen LogP contribution in [0.4, 0.5) is 26.3 Å². The molecule has 10 heteroatoms. The van der Waals surface area contributed by atoms with E-state index in [0.29, 0.717) is 49.6 Å². The Hall–Kier alpha value is -3.53. The zero-order valence-electron chi connectivity index (χ0n) is 19.6. The van der Waals surface area contributed by atoms with E-state index >= 15 is 0 Å². The first-order valence-corrected chi connectivity index (χ1v) is 11.6. The average Bonchev–Trinajstić information content (AvgIpc) is 2.87. The van der Waals surface area contributed by atoms with Gasteiger partial charge in [0, 0.05) is 38.3 Å². The molecule has 4 nitrogen and oxygen atoms in total. The second kappa shape index (κ2) is 10.8. The fraction of sp³-hybridized carbons (Fsp3) is 0.296. The molecule has 1 fully saturated rings. The van der Waals surface area contributed by atoms with Gasteiger partial charge in [-0.3, -0.25) is 9.69 Å². The molecular weight excluding hydrogens is 498 g/mol. The predicted octanol–water partition coefficient (Wildman–Crippen LogP) is 6.26. The Morgan fingerprint density at radius 3 is 1.65 bits per heavy atom. The van der Waals surface area contributed by atoms with Crippen molar-refractivity contribution in [1.29, 1.82) is 0 Å². The van der Waals surface area contributed by atoms with Gasteiger partial charge in [-0.25, -0.2) is 0 Å². The molecular formula is C27H24F6N2O2. The second-order valence-corrected chi connectivity index (χ2v) is 8.77. The van der Waals surface area contributed by atoms with Crippen LogP contribution in [0.15, 0.2) is 72.8 Å². The number of rotatable bonds is 6. The highest BCUT2D eigenvalue weighted by atomic mass is 19.4. The highest BCUT2D eigenvalue weighted by molar-refractivity contribution is 5.94. The van der Waals surface area contributed by atoms with Gasteiger partial charge in [0.15, 0.2) is 0 Å². The van der Waals surface area contributed by atoms with E-state index in [2.05, 4.69) is 4.90 Å². The molecule has 0 N–H and O–H groups in total. The first-order valence-electron chi connectivity index (χ1n) is 11.6. The van der Waals surface area contributed by atoms with E-state index in [-0.39, 0.29) is 12.5 Å². The fourth-order valence-corrected chi connectivity index (χ4v) is 4.00. The molecule has 3 aromatic rings. The summed E-state index contributed by atoms with van der Waals surface area (Å²) < 4.78 is 81.8. The summed E-state index contributed by atoms with van der Waals surface area (Å²) in [7, 11) is 0. The number of nitrogens with zero attached hydrogens (tertiary/aromatic N) is 2. The number of hydrogen-bond acceptors (Lipinski definition) is 3. The molecule has 1 amide bonds. The molecule has 0 aliphatic carbocycles. The summed E-state index contributed by atoms with van der Waals surface area (Å²) in [5.41, 5.74) is 0.447. The topological polar surface area (TPSA) is 32.8 Å². The Labute approximate surface area is 210 Å². The van der Waals surface area contributed by atoms with Crippen molar-refractivity contribution in [2.24, 2.45) is 0 Å². The van der Waals surface area contributed by atoms with Crippen LogP contribution in [-0.4, -0.2) is 41.9 Å². The van der Waals surface area contributed by atoms with Crippen LogP contribution in [0.1, 0.15) is 32.6 Å². The number of piperazine rings is 1. The second-order valence-electron chi connectivity index (χ2n) is 8.77. The first-order chi connectivity index (χ1) is 17.5. The Morgan fingerprint density at radius 1 is 0.676 bits per heavy atom. The predicted molar refractivity (Wildman–Crippen MR) is 125 cm³/mol. The normalized spacial score (nSPS) is 15.0. The maximum Gasteiger partial charge on any atom is 0.416 e. The molecule has 0 saturated carbocycles. The summed E-state index contributed by atoms with van der Waals surface area (Å²) in [5, 5.41) is 0. The molecule has 3 aromatic carbocycles. The van der Waals surface area contributed by atoms with Crippen molar-refractivity contribution in [2.75, 3.05) is 26.2 Å². The summed E-state index contributed by atoms with van der Waals surface area (Å²) in [4.78, 5) is 16.7. The van der Waals surface area contributed by atoms with Gasteiger partial charge >= 0.3 is 12.4 Å². The first kappa shape index (κ1) is 26.5. The molecule has 0 radical (unpaired) electrons. The Kier molecular flexibility index (Phi) is 7.77. The van der Waals surface area contributed by atoms with E-state index in [0.717, 1.165) is 29.8 Å². The van der Waals surface area contributed by atoms with Crippen molar-refractivity contribution in [2.45, 2.75) is 25.5 Å². The lowest BCUT2D eigenvalue weighted by Crippen LogP contribution is -2.48. The van der Waals surface area contributed by atoms with Crippen LogP contribution < -0.4 is 4.74 Å². The molecule has 0 atom stereocenters. The lowest BCUT2D eigenvalue weighted by atomic mass is 10.1. The highest BCUT2D eigenvalue weighted by Gasteiger charge is 2.31. The van der Waals surface area contributed by atoms with Gasteiger partial charge in [0.2, 0.25) is 0 Å². The van der Waals surface area contributed by atoms with Gasteiger partial charge in [0.1, 0.15) is 12.4 Å². The van der Waals surface area contributed by atoms with Gasteiger partial charge in [-0.05, 0) is 59.7 Å². The molecule has 0 unspecified atom stereocenters. The molecule has 1 saturated heterocycles. The van der Waals surface area contributed by atoms with Crippen LogP contribution in [0.2, 0.25) is 0 Å². The summed E-state index contributed by atoms with van der Waals surface area (Å²) in [6.07, 6.45) is -8.75. The Morgan fingerprint density at radius 2 is 1.16 bits per heavy atom. The lowest BCUT2D eigenvalue weighted by molar-refractivity contribution is -0.138. The van der Waals surface area contributed by atoms with Crippen LogP contribution in [0, 0.1) is 0 Å². The number of benzene rings is 3. The SMILES string of the molecule is O=C(c1ccc(OCc2ccc(C(F)(F)F)cc2)cc1)N1CCN(Cc2ccc(C(F)(F)F)cc2)CC1. The molecule has 4 rings (SSSR count). The van der Waals surface area contributed by atoms with Gasteiger partial charge in [0.25, 0.3) is 5.91 Å². The molecule has 1 aliphatic rings. The third kappa shape index (κ3) is 7.03. The molecule has 196 valence electrons. The molecule has 37 heavy (non-hydrogen) atoms. The maximum absolute atomic E-state index is 12.9. The number of halogens is 6. The third-order valence-electron chi connectivity index (χ3n) is 6.13. The number of hydrogen-bond donors (Lipinski definition) is 0. The fourth-order valence-electron chi connectivity index (χ4n) is 4.00. The summed E-state index contributed by atoms with van der Waals surface area (Å²) in [6, 6.07) is 16.4. The molecule has 0 spiro atoms. The van der Waals surface area contributed by atoms with Crippen LogP contribution >= 0.6 is 0 Å². The number of carbonyl (C=O) groups is 1. The molecule has 0 bridgehead atoms. The van der Waals surface area contributed by atoms with Crippen molar-refractivity contribution >= 4 is 5.91 Å². The number of carbonyl (C=O) groups excluding carboxylic acids is 1. The quantitative estimate of drug-likeness (QED) is 0.358. The van der Waals surface area contributed by atoms with E-state index in [9.17, 15) is 31.1 Å². The van der Waals surface area contributed by atoms with Crippen LogP contribution in [-0.2, 0) is 25.5 Å². The van der Waals surface area contributed by atoms with Crippen molar-refractivity contribution in [3.05, 3.63) is 101 Å². The van der Waals surface area contributed by atoms with Crippen LogP contribution in [0.5, 0.6) is 5.75 Å². The third-order valence-corrected chi connectivity index (χ3v) is 6.13. The van der Waals surface area contributed by atoms with E-state index in [1.807, 2.05) is 0 Å². The lowest BCUT2D eigenvalue weighted by Gasteiger charge is -2.34. The van der Waals surface area contributed by atoms with Crippen molar-refractivity contribution in [3.63, 3.8) is 0 Å². The number of ether oxygens (including phenoxy) is 1. The van der Waals surface area contributed by atoms with Crippen LogP contribution in [0.25, 0.3) is 0 Å². The standard InChI is InChI=1S/C27H24F6N2O2/c28-26(29,30)22-7-1-19(2-8-22)17-34-13-15-35(16-14-34)25(36)21-5-11-24(12-6-21)37-18-20-3-9-23(10-4-20)27(31,32)33/h1-12H,13-18H2. The largest absolute Gasteiger partial charge is 0.489 e. The molecule has 0 aromatic heterocycles. The highest BCUT2D eigenvalue weighted by Crippen LogP contribution is 2.30. The Bertz CT molecular complexity index is 1180. The van der Waals surface area contributed by atoms with Crippen molar-refractivity contribution in [3.8, 4) is 5.75 Å². The Balaban J connectivity index is 1.24. The minimum atomic E-state index is -4.39. The number of amides is 1. The van der Waals surface area contributed by atoms with Crippen LogP contribution in [0.3, 0.4) is 0 Å². The number of alkyl halides is 6. The average molecular weight is 522 g/mol. The monoisotopic (exact) mass is 522 g/mol. The van der Waals surface area contributed by atoms with Gasteiger partial charge < -0.3 is 9.64 Å². The summed E-state index contributed by atoms with van der Waals surface area (Å²) in [6.45, 7) is 2.77. The minimum absolute atomic E-state index is 0.0896. The minimum Gasteiger partial charge on any atom is -0.489 e. The zero-order valence-corrected chi connectivity index (χ0v) is 19.6. The van der Waals surface area contributed by atoms with E-state index < -0.39 is 23.5 Å². The van der Waals surface area contributed by atoms with Crippen molar-refractivity contribution in [1.82, 2.24) is 9.80 Å². The smallest absolute Gasteiger partial charge is 0.416 e. The molecule has 1 heterocycles. The van der Waals surface area contributed by atoms with Gasteiger partial charge in [0.05, 0.1) is 11.1 Å². The summed E-state index contributed by atoms with van der Waals surface area (Å²) in [5.74, 6) is 0.348.